The molecule has 0 radical (unpaired) electrons. The fourth-order valence-electron chi connectivity index (χ4n) is 13.3. The van der Waals surface area contributed by atoms with Gasteiger partial charge in [0.1, 0.15) is 17.3 Å². The molecule has 1 aliphatic carbocycles. The Hall–Kier alpha value is -4.02. The van der Waals surface area contributed by atoms with Crippen molar-refractivity contribution in [2.24, 2.45) is 17.1 Å². The Morgan fingerprint density at radius 1 is 1.00 bits per heavy atom. The van der Waals surface area contributed by atoms with Gasteiger partial charge in [0.25, 0.3) is 0 Å². The summed E-state index contributed by atoms with van der Waals surface area (Å²) in [6.45, 7) is 8.53. The van der Waals surface area contributed by atoms with E-state index in [1.54, 1.807) is 7.11 Å². The van der Waals surface area contributed by atoms with Gasteiger partial charge >= 0.3 is 11.9 Å². The van der Waals surface area contributed by atoms with Gasteiger partial charge in [0, 0.05) is 84.0 Å². The van der Waals surface area contributed by atoms with E-state index in [0.29, 0.717) is 82.6 Å². The van der Waals surface area contributed by atoms with E-state index < -0.39 is 51.5 Å². The molecular weight excluding hydrogens is 777 g/mol. The number of benzene rings is 2. The number of hydrogen-bond donors (Lipinski definition) is 5. The summed E-state index contributed by atoms with van der Waals surface area (Å²) in [7, 11) is 6.17. The number of aliphatic hydroxyl groups is 3. The molecule has 1 aromatic heterocycles. The van der Waals surface area contributed by atoms with Gasteiger partial charge in [-0.25, -0.2) is 4.79 Å². The van der Waals surface area contributed by atoms with Crippen molar-refractivity contribution >= 4 is 28.5 Å². The summed E-state index contributed by atoms with van der Waals surface area (Å²) in [6, 6.07) is 11.1. The average molecular weight is 842 g/mol. The molecule has 1 saturated carbocycles. The number of nitrogens with one attached hydrogen (secondary N) is 2. The van der Waals surface area contributed by atoms with E-state index in [9.17, 15) is 20.1 Å². The summed E-state index contributed by atoms with van der Waals surface area (Å²) in [5.41, 5.74) is 10.1. The van der Waals surface area contributed by atoms with Gasteiger partial charge in [0.15, 0.2) is 0 Å². The SMILES string of the molecule is CC[C@]1(O)C[C@H]2CN(CCc3c([nH]c4ccccc34)[C@@](C(=O)OC)(c3cc4c(cc3OC)N(C)[C@@H]3C45CCN4CC=C[C@](CC)([C@H]45)[C@@H](O)[C@]3(O)C(=O)OC)C2)C1.[NH-]CCCN. The smallest absolute Gasteiger partial charge is 0.342 e. The molecule has 6 aliphatic rings. The normalized spacial score (nSPS) is 36.0. The van der Waals surface area contributed by atoms with Crippen molar-refractivity contribution in [2.75, 3.05) is 79.1 Å². The second-order valence-corrected chi connectivity index (χ2v) is 18.5. The molecule has 0 amide bonds. The van der Waals surface area contributed by atoms with Gasteiger partial charge in [0.2, 0.25) is 5.60 Å². The van der Waals surface area contributed by atoms with E-state index >= 15 is 4.79 Å². The zero-order chi connectivity index (χ0) is 43.7. The third kappa shape index (κ3) is 6.07. The average Bonchev–Trinajstić information content (AvgIpc) is 3.93. The van der Waals surface area contributed by atoms with Crippen LogP contribution in [0.3, 0.4) is 0 Å². The first-order chi connectivity index (χ1) is 29.2. The number of carbonyl (C=O) groups is 2. The molecule has 14 nitrogen and oxygen atoms in total. The number of fused-ring (bicyclic) bond motifs is 6. The van der Waals surface area contributed by atoms with Gasteiger partial charge in [-0.3, -0.25) is 14.6 Å². The lowest BCUT2D eigenvalue weighted by Gasteiger charge is -2.63. The summed E-state index contributed by atoms with van der Waals surface area (Å²) in [4.78, 5) is 39.7. The minimum absolute atomic E-state index is 0.0795. The number of nitrogens with zero attached hydrogens (tertiary/aromatic N) is 3. The first-order valence-electron chi connectivity index (χ1n) is 22.1. The number of anilines is 1. The zero-order valence-corrected chi connectivity index (χ0v) is 36.6. The maximum Gasteiger partial charge on any atom is 0.342 e. The highest BCUT2D eigenvalue weighted by Gasteiger charge is 2.79. The van der Waals surface area contributed by atoms with E-state index in [2.05, 4.69) is 26.9 Å². The number of H-pyrrole nitrogens is 1. The number of methoxy groups -OCH3 is 3. The molecule has 2 aromatic carbocycles. The number of rotatable bonds is 8. The number of piperidine rings is 1. The quantitative estimate of drug-likeness (QED) is 0.163. The molecule has 3 aromatic rings. The molecule has 2 saturated heterocycles. The number of aromatic amines is 1. The van der Waals surface area contributed by atoms with E-state index in [4.69, 9.17) is 25.7 Å². The number of carbonyl (C=O) groups excluding carboxylic acids is 2. The Bertz CT molecular complexity index is 2190. The summed E-state index contributed by atoms with van der Waals surface area (Å²) in [5, 5.41) is 38.3. The van der Waals surface area contributed by atoms with Crippen LogP contribution in [-0.4, -0.2) is 146 Å². The predicted octanol–water partition coefficient (Wildman–Crippen LogP) is 3.81. The Balaban J connectivity index is 0.000000973. The molecule has 14 heteroatoms. The monoisotopic (exact) mass is 841 g/mol. The summed E-state index contributed by atoms with van der Waals surface area (Å²) >= 11 is 0. The number of esters is 2. The first kappa shape index (κ1) is 43.6. The molecule has 2 unspecified atom stereocenters. The van der Waals surface area contributed by atoms with Crippen LogP contribution in [0.25, 0.3) is 16.6 Å². The van der Waals surface area contributed by atoms with Crippen molar-refractivity contribution in [3.63, 3.8) is 0 Å². The summed E-state index contributed by atoms with van der Waals surface area (Å²) in [6.07, 6.45) is 6.65. The molecule has 3 fully saturated rings. The van der Waals surface area contributed by atoms with Crippen LogP contribution in [0.15, 0.2) is 48.6 Å². The van der Waals surface area contributed by atoms with Gasteiger partial charge in [-0.15, -0.1) is 6.54 Å². The maximum atomic E-state index is 15.2. The van der Waals surface area contributed by atoms with E-state index in [-0.39, 0.29) is 12.0 Å². The van der Waals surface area contributed by atoms with Crippen LogP contribution in [-0.2, 0) is 36.3 Å². The van der Waals surface area contributed by atoms with Crippen LogP contribution in [0, 0.1) is 11.3 Å². The first-order valence-corrected chi connectivity index (χ1v) is 22.1. The Morgan fingerprint density at radius 3 is 2.41 bits per heavy atom. The lowest BCUT2D eigenvalue weighted by Crippen LogP contribution is -2.80. The summed E-state index contributed by atoms with van der Waals surface area (Å²) in [5.74, 6) is -0.908. The van der Waals surface area contributed by atoms with Crippen LogP contribution >= 0.6 is 0 Å². The fourth-order valence-corrected chi connectivity index (χ4v) is 13.3. The molecule has 1 spiro atoms. The van der Waals surface area contributed by atoms with E-state index in [1.807, 2.05) is 62.2 Å². The second kappa shape index (κ2) is 16.0. The van der Waals surface area contributed by atoms with Crippen molar-refractivity contribution in [3.05, 3.63) is 76.7 Å². The Labute approximate surface area is 359 Å². The minimum atomic E-state index is -2.29. The molecule has 2 bridgehead atoms. The van der Waals surface area contributed by atoms with E-state index in [0.717, 1.165) is 52.9 Å². The highest BCUT2D eigenvalue weighted by Crippen LogP contribution is 2.67. The molecule has 10 atom stereocenters. The maximum absolute atomic E-state index is 15.2. The Kier molecular flexibility index (Phi) is 11.4. The molecule has 6 heterocycles. The molecule has 7 N–H and O–H groups in total. The number of likely N-dealkylation sites (N-methyl/N-ethyl adjacent to an activating group) is 1. The fraction of sp³-hybridized carbons (Fsp3) is 0.617. The highest BCUT2D eigenvalue weighted by molar-refractivity contribution is 5.95. The lowest BCUT2D eigenvalue weighted by molar-refractivity contribution is -0.218. The van der Waals surface area contributed by atoms with Crippen LogP contribution in [0.5, 0.6) is 5.75 Å². The largest absolute Gasteiger partial charge is 0.677 e. The van der Waals surface area contributed by atoms with Crippen LogP contribution in [0.1, 0.15) is 74.8 Å². The van der Waals surface area contributed by atoms with Gasteiger partial charge in [-0.1, -0.05) is 50.6 Å². The van der Waals surface area contributed by atoms with Gasteiger partial charge < -0.3 is 50.9 Å². The van der Waals surface area contributed by atoms with Crippen molar-refractivity contribution in [1.82, 2.24) is 14.8 Å². The van der Waals surface area contributed by atoms with Crippen LogP contribution in [0.4, 0.5) is 5.69 Å². The third-order valence-electron chi connectivity index (χ3n) is 15.7. The van der Waals surface area contributed by atoms with Crippen LogP contribution in [0.2, 0.25) is 0 Å². The predicted molar refractivity (Wildman–Crippen MR) is 234 cm³/mol. The number of aromatic nitrogens is 1. The Morgan fingerprint density at radius 2 is 1.75 bits per heavy atom. The second-order valence-electron chi connectivity index (χ2n) is 18.5. The number of hydrogen-bond acceptors (Lipinski definition) is 12. The number of para-hydroxylation sites is 1. The number of aliphatic hydroxyl groups excluding tert-OH is 1. The molecule has 332 valence electrons. The van der Waals surface area contributed by atoms with Crippen molar-refractivity contribution < 1.29 is 39.1 Å². The van der Waals surface area contributed by atoms with Gasteiger partial charge in [-0.05, 0) is 80.8 Å². The van der Waals surface area contributed by atoms with Crippen molar-refractivity contribution in [1.29, 1.82) is 0 Å². The van der Waals surface area contributed by atoms with Crippen LogP contribution < -0.4 is 15.4 Å². The molecule has 9 rings (SSSR count). The molecular formula is C47H65N6O8-. The zero-order valence-electron chi connectivity index (χ0n) is 36.6. The lowest BCUT2D eigenvalue weighted by atomic mass is 9.47. The molecule has 61 heavy (non-hydrogen) atoms. The third-order valence-corrected chi connectivity index (χ3v) is 15.7. The van der Waals surface area contributed by atoms with E-state index in [1.165, 1.54) is 14.2 Å². The highest BCUT2D eigenvalue weighted by atomic mass is 16.5. The van der Waals surface area contributed by atoms with Crippen molar-refractivity contribution in [2.45, 2.75) is 99.0 Å². The minimum Gasteiger partial charge on any atom is -0.677 e. The topological polar surface area (TPSA) is 198 Å². The van der Waals surface area contributed by atoms with Crippen molar-refractivity contribution in [3.8, 4) is 5.75 Å². The summed E-state index contributed by atoms with van der Waals surface area (Å²) < 4.78 is 17.6. The molecule has 5 aliphatic heterocycles. The number of nitrogens with two attached hydrogens (primary N) is 1. The standard InChI is InChI=1S/C44H56N4O8.C3H9N2/c1-7-40(52)22-26-23-43(38(50)55-5,34-28(14-18-47(24-26)25-40)27-12-9-10-13-31(27)45-34)30-20-29-32(21-33(30)54-4)46(3)36-42(29)16-19-48-17-11-15-41(8-2,35(42)48)37(49)44(36,53)39(51)56-6;4-2-1-3-5/h9-13,15,20-21,26,35-37,45,49,52-53H,7-8,14,16-19,22-25H2,1-6H3;4H,1-3,5H2/q;-1/t26-,35+,36-,37-,40+,41-,42?,43+,44+;/m1./s1. The van der Waals surface area contributed by atoms with Gasteiger partial charge in [-0.2, -0.15) is 0 Å². The number of ether oxygens (including phenoxy) is 3. The van der Waals surface area contributed by atoms with Gasteiger partial charge in [0.05, 0.1) is 33.0 Å².